The van der Waals surface area contributed by atoms with Gasteiger partial charge in [-0.25, -0.2) is 0 Å². The average molecular weight is 240 g/mol. The third-order valence-electron chi connectivity index (χ3n) is 1.45. The molecule has 0 aromatic heterocycles. The summed E-state index contributed by atoms with van der Waals surface area (Å²) in [6.45, 7) is 1.88. The standard InChI is InChI=1S/C9H9Cl3O/c1-6(5-10)13-7-2-3-8(11)9(12)4-7/h2-4,6H,5H2,1H3. The van der Waals surface area contributed by atoms with Crippen LogP contribution in [0.3, 0.4) is 0 Å². The lowest BCUT2D eigenvalue weighted by molar-refractivity contribution is 0.245. The molecule has 1 aromatic rings. The van der Waals surface area contributed by atoms with Crippen molar-refractivity contribution in [1.82, 2.24) is 0 Å². The Balaban J connectivity index is 2.73. The van der Waals surface area contributed by atoms with Crippen LogP contribution >= 0.6 is 34.8 Å². The van der Waals surface area contributed by atoms with Gasteiger partial charge in [-0.15, -0.1) is 11.6 Å². The van der Waals surface area contributed by atoms with Crippen LogP contribution in [-0.2, 0) is 0 Å². The van der Waals surface area contributed by atoms with Crippen molar-refractivity contribution in [1.29, 1.82) is 0 Å². The fourth-order valence-corrected chi connectivity index (χ4v) is 1.17. The summed E-state index contributed by atoms with van der Waals surface area (Å²) in [6.07, 6.45) is -0.0288. The number of alkyl halides is 1. The van der Waals surface area contributed by atoms with Gasteiger partial charge in [0.25, 0.3) is 0 Å². The second-order valence-corrected chi connectivity index (χ2v) is 3.78. The Morgan fingerprint density at radius 2 is 2.00 bits per heavy atom. The number of halogens is 3. The molecule has 4 heteroatoms. The third-order valence-corrected chi connectivity index (χ3v) is 2.62. The Kier molecular flexibility index (Phi) is 4.17. The lowest BCUT2D eigenvalue weighted by Gasteiger charge is -2.11. The van der Waals surface area contributed by atoms with Gasteiger partial charge in [0.05, 0.1) is 15.9 Å². The summed E-state index contributed by atoms with van der Waals surface area (Å²) >= 11 is 17.1. The summed E-state index contributed by atoms with van der Waals surface area (Å²) in [5, 5.41) is 1.01. The minimum Gasteiger partial charge on any atom is -0.489 e. The van der Waals surface area contributed by atoms with Gasteiger partial charge in [0.2, 0.25) is 0 Å². The first-order valence-corrected chi connectivity index (χ1v) is 5.10. The predicted molar refractivity (Wildman–Crippen MR) is 57.3 cm³/mol. The van der Waals surface area contributed by atoms with E-state index in [4.69, 9.17) is 39.5 Å². The summed E-state index contributed by atoms with van der Waals surface area (Å²) in [7, 11) is 0. The molecule has 0 aliphatic rings. The molecule has 0 amide bonds. The van der Waals surface area contributed by atoms with E-state index >= 15 is 0 Å². The topological polar surface area (TPSA) is 9.23 Å². The zero-order chi connectivity index (χ0) is 9.84. The maximum atomic E-state index is 5.80. The molecule has 0 bridgehead atoms. The molecular formula is C9H9Cl3O. The van der Waals surface area contributed by atoms with Crippen LogP contribution in [0.15, 0.2) is 18.2 Å². The first-order chi connectivity index (χ1) is 6.13. The van der Waals surface area contributed by atoms with Gasteiger partial charge in [-0.1, -0.05) is 23.2 Å². The second kappa shape index (κ2) is 4.94. The molecule has 0 saturated heterocycles. The summed E-state index contributed by atoms with van der Waals surface area (Å²) in [4.78, 5) is 0. The van der Waals surface area contributed by atoms with E-state index < -0.39 is 0 Å². The van der Waals surface area contributed by atoms with E-state index in [-0.39, 0.29) is 6.10 Å². The summed E-state index contributed by atoms with van der Waals surface area (Å²) in [6, 6.07) is 5.13. The molecule has 0 N–H and O–H groups in total. The quantitative estimate of drug-likeness (QED) is 0.725. The maximum absolute atomic E-state index is 5.80. The lowest BCUT2D eigenvalue weighted by Crippen LogP contribution is -2.12. The number of hydrogen-bond acceptors (Lipinski definition) is 1. The van der Waals surface area contributed by atoms with E-state index in [1.807, 2.05) is 6.92 Å². The molecule has 1 atom stereocenters. The van der Waals surface area contributed by atoms with Gasteiger partial charge < -0.3 is 4.74 Å². The van der Waals surface area contributed by atoms with Crippen molar-refractivity contribution >= 4 is 34.8 Å². The van der Waals surface area contributed by atoms with Crippen LogP contribution in [0, 0.1) is 0 Å². The number of benzene rings is 1. The predicted octanol–water partition coefficient (Wildman–Crippen LogP) is 4.00. The van der Waals surface area contributed by atoms with Crippen molar-refractivity contribution in [2.45, 2.75) is 13.0 Å². The average Bonchev–Trinajstić information content (AvgIpc) is 2.11. The summed E-state index contributed by atoms with van der Waals surface area (Å²) in [5.74, 6) is 1.13. The molecule has 0 saturated carbocycles. The minimum atomic E-state index is -0.0288. The Labute approximate surface area is 92.5 Å². The molecule has 1 nitrogen and oxygen atoms in total. The minimum absolute atomic E-state index is 0.0288. The van der Waals surface area contributed by atoms with Gasteiger partial charge in [-0.05, 0) is 19.1 Å². The van der Waals surface area contributed by atoms with E-state index in [0.717, 1.165) is 0 Å². The monoisotopic (exact) mass is 238 g/mol. The Bertz CT molecular complexity index is 288. The van der Waals surface area contributed by atoms with Crippen LogP contribution in [0.2, 0.25) is 10.0 Å². The summed E-state index contributed by atoms with van der Waals surface area (Å²) < 4.78 is 5.42. The highest BCUT2D eigenvalue weighted by molar-refractivity contribution is 6.42. The number of ether oxygens (including phenoxy) is 1. The molecular weight excluding hydrogens is 230 g/mol. The first kappa shape index (κ1) is 11.0. The zero-order valence-electron chi connectivity index (χ0n) is 7.06. The van der Waals surface area contributed by atoms with Gasteiger partial charge in [-0.2, -0.15) is 0 Å². The van der Waals surface area contributed by atoms with Crippen molar-refractivity contribution in [2.75, 3.05) is 5.88 Å². The van der Waals surface area contributed by atoms with Crippen LogP contribution in [0.5, 0.6) is 5.75 Å². The third kappa shape index (κ3) is 3.26. The van der Waals surface area contributed by atoms with Gasteiger partial charge >= 0.3 is 0 Å². The van der Waals surface area contributed by atoms with Crippen molar-refractivity contribution in [3.8, 4) is 5.75 Å². The maximum Gasteiger partial charge on any atom is 0.121 e. The van der Waals surface area contributed by atoms with Crippen LogP contribution in [-0.4, -0.2) is 12.0 Å². The molecule has 0 aliphatic carbocycles. The SMILES string of the molecule is CC(CCl)Oc1ccc(Cl)c(Cl)c1. The van der Waals surface area contributed by atoms with Crippen LogP contribution < -0.4 is 4.74 Å². The molecule has 0 heterocycles. The van der Waals surface area contributed by atoms with Gasteiger partial charge in [0.15, 0.2) is 0 Å². The van der Waals surface area contributed by atoms with Gasteiger partial charge in [0, 0.05) is 6.07 Å². The smallest absolute Gasteiger partial charge is 0.121 e. The molecule has 0 fully saturated rings. The molecule has 0 spiro atoms. The fourth-order valence-electron chi connectivity index (χ4n) is 0.814. The highest BCUT2D eigenvalue weighted by Crippen LogP contribution is 2.26. The van der Waals surface area contributed by atoms with Crippen molar-refractivity contribution in [3.05, 3.63) is 28.2 Å². The molecule has 72 valence electrons. The van der Waals surface area contributed by atoms with E-state index in [1.165, 1.54) is 0 Å². The van der Waals surface area contributed by atoms with Crippen LogP contribution in [0.4, 0.5) is 0 Å². The van der Waals surface area contributed by atoms with Crippen molar-refractivity contribution in [3.63, 3.8) is 0 Å². The number of hydrogen-bond donors (Lipinski definition) is 0. The molecule has 13 heavy (non-hydrogen) atoms. The molecule has 0 aliphatic heterocycles. The highest BCUT2D eigenvalue weighted by atomic mass is 35.5. The highest BCUT2D eigenvalue weighted by Gasteiger charge is 2.04. The molecule has 1 aromatic carbocycles. The lowest BCUT2D eigenvalue weighted by atomic mass is 10.3. The van der Waals surface area contributed by atoms with Crippen molar-refractivity contribution in [2.24, 2.45) is 0 Å². The van der Waals surface area contributed by atoms with E-state index in [0.29, 0.717) is 21.7 Å². The largest absolute Gasteiger partial charge is 0.489 e. The zero-order valence-corrected chi connectivity index (χ0v) is 9.33. The Hall–Kier alpha value is -0.110. The van der Waals surface area contributed by atoms with E-state index in [1.54, 1.807) is 18.2 Å². The van der Waals surface area contributed by atoms with Gasteiger partial charge in [0.1, 0.15) is 11.9 Å². The Morgan fingerprint density at radius 1 is 1.31 bits per heavy atom. The summed E-state index contributed by atoms with van der Waals surface area (Å²) in [5.41, 5.74) is 0. The van der Waals surface area contributed by atoms with E-state index in [9.17, 15) is 0 Å². The van der Waals surface area contributed by atoms with Gasteiger partial charge in [-0.3, -0.25) is 0 Å². The molecule has 1 unspecified atom stereocenters. The number of rotatable bonds is 3. The second-order valence-electron chi connectivity index (χ2n) is 2.66. The molecule has 1 rings (SSSR count). The molecule has 0 radical (unpaired) electrons. The first-order valence-electron chi connectivity index (χ1n) is 3.81. The van der Waals surface area contributed by atoms with Crippen LogP contribution in [0.1, 0.15) is 6.92 Å². The fraction of sp³-hybridized carbons (Fsp3) is 0.333. The van der Waals surface area contributed by atoms with Crippen molar-refractivity contribution < 1.29 is 4.74 Å². The Morgan fingerprint density at radius 3 is 2.54 bits per heavy atom. The van der Waals surface area contributed by atoms with E-state index in [2.05, 4.69) is 0 Å². The normalized spacial score (nSPS) is 12.6. The van der Waals surface area contributed by atoms with Crippen LogP contribution in [0.25, 0.3) is 0 Å².